The van der Waals surface area contributed by atoms with Crippen LogP contribution in [0.3, 0.4) is 0 Å². The van der Waals surface area contributed by atoms with Crippen LogP contribution >= 0.6 is 0 Å². The lowest BCUT2D eigenvalue weighted by Gasteiger charge is -2.24. The molecule has 0 fully saturated rings. The summed E-state index contributed by atoms with van der Waals surface area (Å²) in [7, 11) is 0. The fraction of sp³-hybridized carbons (Fsp3) is 0.636. The maximum absolute atomic E-state index is 5.76. The SMILES string of the molecule is CCC(C)(CN)c1ncc(C)c(C)n1. The molecule has 0 saturated heterocycles. The first-order valence-electron chi connectivity index (χ1n) is 5.04. The van der Waals surface area contributed by atoms with Crippen LogP contribution in [0.25, 0.3) is 0 Å². The summed E-state index contributed by atoms with van der Waals surface area (Å²) < 4.78 is 0. The maximum atomic E-state index is 5.76. The number of nitrogens with zero attached hydrogens (tertiary/aromatic N) is 2. The van der Waals surface area contributed by atoms with E-state index in [1.165, 1.54) is 0 Å². The summed E-state index contributed by atoms with van der Waals surface area (Å²) in [5, 5.41) is 0. The third-order valence-corrected chi connectivity index (χ3v) is 3.00. The fourth-order valence-electron chi connectivity index (χ4n) is 1.21. The molecule has 0 aliphatic carbocycles. The van der Waals surface area contributed by atoms with Gasteiger partial charge < -0.3 is 5.73 Å². The largest absolute Gasteiger partial charge is 0.329 e. The molecule has 3 heteroatoms. The lowest BCUT2D eigenvalue weighted by Crippen LogP contribution is -2.33. The van der Waals surface area contributed by atoms with Gasteiger partial charge in [-0.15, -0.1) is 0 Å². The topological polar surface area (TPSA) is 51.8 Å². The van der Waals surface area contributed by atoms with Crippen molar-refractivity contribution in [1.82, 2.24) is 9.97 Å². The van der Waals surface area contributed by atoms with Crippen molar-refractivity contribution in [2.45, 2.75) is 39.5 Å². The second kappa shape index (κ2) is 4.05. The summed E-state index contributed by atoms with van der Waals surface area (Å²) >= 11 is 0. The second-order valence-corrected chi connectivity index (χ2v) is 4.08. The van der Waals surface area contributed by atoms with Gasteiger partial charge in [-0.05, 0) is 25.8 Å². The molecule has 3 nitrogen and oxygen atoms in total. The molecule has 0 saturated carbocycles. The molecule has 1 aromatic heterocycles. The zero-order valence-corrected chi connectivity index (χ0v) is 9.46. The Morgan fingerprint density at radius 2 is 2.07 bits per heavy atom. The van der Waals surface area contributed by atoms with Gasteiger partial charge in [0.25, 0.3) is 0 Å². The molecule has 0 spiro atoms. The predicted molar refractivity (Wildman–Crippen MR) is 58.2 cm³/mol. The number of aryl methyl sites for hydroxylation is 2. The Kier molecular flexibility index (Phi) is 3.21. The fourth-order valence-corrected chi connectivity index (χ4v) is 1.21. The van der Waals surface area contributed by atoms with Crippen molar-refractivity contribution in [3.05, 3.63) is 23.3 Å². The highest BCUT2D eigenvalue weighted by Crippen LogP contribution is 2.23. The minimum Gasteiger partial charge on any atom is -0.329 e. The van der Waals surface area contributed by atoms with Crippen molar-refractivity contribution < 1.29 is 0 Å². The van der Waals surface area contributed by atoms with Crippen LogP contribution < -0.4 is 5.73 Å². The van der Waals surface area contributed by atoms with Crippen molar-refractivity contribution in [2.24, 2.45) is 5.73 Å². The number of hydrogen-bond acceptors (Lipinski definition) is 3. The van der Waals surface area contributed by atoms with Crippen molar-refractivity contribution >= 4 is 0 Å². The Bertz CT molecular complexity index is 316. The molecule has 1 atom stereocenters. The number of aromatic nitrogens is 2. The summed E-state index contributed by atoms with van der Waals surface area (Å²) in [5.74, 6) is 0.866. The van der Waals surface area contributed by atoms with E-state index in [2.05, 4.69) is 23.8 Å². The van der Waals surface area contributed by atoms with E-state index in [1.807, 2.05) is 20.0 Å². The summed E-state index contributed by atoms with van der Waals surface area (Å²) in [6.07, 6.45) is 2.84. The molecular formula is C11H19N3. The quantitative estimate of drug-likeness (QED) is 0.795. The molecule has 1 unspecified atom stereocenters. The first-order valence-corrected chi connectivity index (χ1v) is 5.04. The Balaban J connectivity index is 3.12. The van der Waals surface area contributed by atoms with E-state index in [1.54, 1.807) is 0 Å². The molecule has 1 rings (SSSR count). The zero-order chi connectivity index (χ0) is 10.8. The average molecular weight is 193 g/mol. The Hall–Kier alpha value is -0.960. The smallest absolute Gasteiger partial charge is 0.135 e. The third kappa shape index (κ3) is 1.93. The normalized spacial score (nSPS) is 15.2. The molecule has 0 amide bonds. The van der Waals surface area contributed by atoms with Gasteiger partial charge in [0.1, 0.15) is 5.82 Å². The highest BCUT2D eigenvalue weighted by atomic mass is 14.9. The van der Waals surface area contributed by atoms with Crippen molar-refractivity contribution in [1.29, 1.82) is 0 Å². The molecule has 1 heterocycles. The van der Waals surface area contributed by atoms with Gasteiger partial charge in [0, 0.05) is 23.9 Å². The van der Waals surface area contributed by atoms with Gasteiger partial charge in [0.05, 0.1) is 0 Å². The van der Waals surface area contributed by atoms with E-state index in [9.17, 15) is 0 Å². The van der Waals surface area contributed by atoms with Crippen LogP contribution in [-0.2, 0) is 5.41 Å². The molecule has 0 bridgehead atoms. The highest BCUT2D eigenvalue weighted by Gasteiger charge is 2.26. The zero-order valence-electron chi connectivity index (χ0n) is 9.46. The lowest BCUT2D eigenvalue weighted by molar-refractivity contribution is 0.436. The molecule has 0 radical (unpaired) electrons. The van der Waals surface area contributed by atoms with Gasteiger partial charge in [0.2, 0.25) is 0 Å². The summed E-state index contributed by atoms with van der Waals surface area (Å²) in [6, 6.07) is 0. The predicted octanol–water partition coefficient (Wildman–Crippen LogP) is 1.72. The van der Waals surface area contributed by atoms with E-state index in [0.717, 1.165) is 23.5 Å². The van der Waals surface area contributed by atoms with Gasteiger partial charge in [-0.2, -0.15) is 0 Å². The minimum atomic E-state index is -0.0849. The van der Waals surface area contributed by atoms with Gasteiger partial charge in [-0.25, -0.2) is 9.97 Å². The van der Waals surface area contributed by atoms with E-state index in [4.69, 9.17) is 5.73 Å². The third-order valence-electron chi connectivity index (χ3n) is 3.00. The van der Waals surface area contributed by atoms with Crippen LogP contribution in [0.4, 0.5) is 0 Å². The Labute approximate surface area is 85.8 Å². The average Bonchev–Trinajstić information content (AvgIpc) is 2.21. The molecule has 1 aromatic rings. The van der Waals surface area contributed by atoms with Crippen LogP contribution in [0, 0.1) is 13.8 Å². The van der Waals surface area contributed by atoms with Gasteiger partial charge in [-0.1, -0.05) is 13.8 Å². The minimum absolute atomic E-state index is 0.0849. The standard InChI is InChI=1S/C11H19N3/c1-5-11(4,7-12)10-13-6-8(2)9(3)14-10/h6H,5,7,12H2,1-4H3. The van der Waals surface area contributed by atoms with Crippen molar-refractivity contribution in [2.75, 3.05) is 6.54 Å². The van der Waals surface area contributed by atoms with E-state index in [-0.39, 0.29) is 5.41 Å². The van der Waals surface area contributed by atoms with E-state index in [0.29, 0.717) is 6.54 Å². The highest BCUT2D eigenvalue weighted by molar-refractivity contribution is 5.17. The van der Waals surface area contributed by atoms with Crippen molar-refractivity contribution in [3.63, 3.8) is 0 Å². The number of rotatable bonds is 3. The van der Waals surface area contributed by atoms with Gasteiger partial charge >= 0.3 is 0 Å². The van der Waals surface area contributed by atoms with Crippen LogP contribution in [-0.4, -0.2) is 16.5 Å². The first kappa shape index (κ1) is 11.1. The van der Waals surface area contributed by atoms with Crippen LogP contribution in [0.2, 0.25) is 0 Å². The summed E-state index contributed by atoms with van der Waals surface area (Å²) in [4.78, 5) is 8.86. The molecule has 0 aromatic carbocycles. The van der Waals surface area contributed by atoms with Crippen molar-refractivity contribution in [3.8, 4) is 0 Å². The van der Waals surface area contributed by atoms with E-state index >= 15 is 0 Å². The first-order chi connectivity index (χ1) is 6.53. The molecule has 0 aliphatic rings. The van der Waals surface area contributed by atoms with E-state index < -0.39 is 0 Å². The molecule has 14 heavy (non-hydrogen) atoms. The Morgan fingerprint density at radius 3 is 2.50 bits per heavy atom. The van der Waals surface area contributed by atoms with Crippen LogP contribution in [0.15, 0.2) is 6.20 Å². The van der Waals surface area contributed by atoms with Crippen LogP contribution in [0.1, 0.15) is 37.4 Å². The molecule has 0 aliphatic heterocycles. The molecular weight excluding hydrogens is 174 g/mol. The number of nitrogens with two attached hydrogens (primary N) is 1. The second-order valence-electron chi connectivity index (χ2n) is 4.08. The lowest BCUT2D eigenvalue weighted by atomic mass is 9.86. The maximum Gasteiger partial charge on any atom is 0.135 e. The van der Waals surface area contributed by atoms with Gasteiger partial charge in [-0.3, -0.25) is 0 Å². The van der Waals surface area contributed by atoms with Crippen LogP contribution in [0.5, 0.6) is 0 Å². The summed E-state index contributed by atoms with van der Waals surface area (Å²) in [6.45, 7) is 8.84. The summed E-state index contributed by atoms with van der Waals surface area (Å²) in [5.41, 5.74) is 7.85. The number of hydrogen-bond donors (Lipinski definition) is 1. The molecule has 78 valence electrons. The van der Waals surface area contributed by atoms with Gasteiger partial charge in [0.15, 0.2) is 0 Å². The Morgan fingerprint density at radius 1 is 1.43 bits per heavy atom. The monoisotopic (exact) mass is 193 g/mol. The molecule has 2 N–H and O–H groups in total.